The predicted octanol–water partition coefficient (Wildman–Crippen LogP) is 7.08. The van der Waals surface area contributed by atoms with Crippen molar-refractivity contribution in [2.45, 2.75) is 98.5 Å². The quantitative estimate of drug-likeness (QED) is 0.239. The van der Waals surface area contributed by atoms with Gasteiger partial charge in [-0.2, -0.15) is 0 Å². The van der Waals surface area contributed by atoms with E-state index in [1.807, 2.05) is 19.1 Å². The smallest absolute Gasteiger partial charge is 0.190 e. The number of phenolic OH excluding ortho intramolecular Hbond substituents is 1. The number of phenols is 1. The number of Topliss-reactive ketones (excluding diaryl/α,β-unsaturated/α-hetero) is 5. The van der Waals surface area contributed by atoms with Crippen LogP contribution in [0.15, 0.2) is 48.6 Å². The fourth-order valence-corrected chi connectivity index (χ4v) is 10.6. The van der Waals surface area contributed by atoms with E-state index in [0.29, 0.717) is 17.4 Å². The normalized spacial score (nSPS) is 34.3. The Balaban J connectivity index is 1.35. The number of rotatable bonds is 7. The fraction of sp³-hybridized carbons (Fsp3) is 0.548. The molecule has 0 radical (unpaired) electrons. The average molecular weight is 667 g/mol. The molecular formula is C42H50O7. The molecule has 3 unspecified atom stereocenters. The molecule has 2 aromatic rings. The standard InChI is InChI=1S/C42H50O7/c1-8-23(4)27-13-9-25(10-14-27)19-26-11-15-28(16-12-26)29-17-18-31(44)33-30(29)20-40(6)21-41(7)34(22(2)3)36(45)32(24(5)43)38(47)42(41,49)39(48)35(40)37(33)46/h11-12,15-18,22,25,27,32,34-35,44,49H,4,8-10,13-14,19-21H2,1-3,5-7H3/t25?,27?,32?,34?,35?,40-,41-,42+/m1/s1. The Hall–Kier alpha value is -3.71. The van der Waals surface area contributed by atoms with Crippen LogP contribution in [-0.4, -0.2) is 44.7 Å². The van der Waals surface area contributed by atoms with Crippen molar-refractivity contribution in [3.05, 3.63) is 65.2 Å². The van der Waals surface area contributed by atoms with Crippen molar-refractivity contribution in [1.82, 2.24) is 0 Å². The second-order valence-electron chi connectivity index (χ2n) is 16.4. The van der Waals surface area contributed by atoms with E-state index in [2.05, 4.69) is 25.6 Å². The van der Waals surface area contributed by atoms with Gasteiger partial charge < -0.3 is 10.2 Å². The SMILES string of the molecule is C=C(CC)C1CCC(Cc2ccc(-c3ccc(O)c4c3C[C@]3(C)C[C@]5(C)C(C(C)C)C(=O)C(C(C)=O)C(=O)[C@]5(O)C(=O)C3C4=O)cc2)CC1. The highest BCUT2D eigenvalue weighted by molar-refractivity contribution is 6.32. The van der Waals surface area contributed by atoms with Crippen LogP contribution >= 0.6 is 0 Å². The summed E-state index contributed by atoms with van der Waals surface area (Å²) in [5, 5.41) is 23.3. The van der Waals surface area contributed by atoms with Gasteiger partial charge in [0.05, 0.1) is 11.5 Å². The molecule has 0 saturated heterocycles. The van der Waals surface area contributed by atoms with Crippen molar-refractivity contribution in [2.75, 3.05) is 0 Å². The van der Waals surface area contributed by atoms with Crippen molar-refractivity contribution >= 4 is 28.9 Å². The molecule has 0 aliphatic heterocycles. The molecule has 260 valence electrons. The Morgan fingerprint density at radius 1 is 0.959 bits per heavy atom. The first-order valence-electron chi connectivity index (χ1n) is 18.0. The molecule has 0 amide bonds. The molecule has 3 fully saturated rings. The highest BCUT2D eigenvalue weighted by Gasteiger charge is 2.76. The van der Waals surface area contributed by atoms with Crippen LogP contribution in [0, 0.1) is 46.3 Å². The minimum Gasteiger partial charge on any atom is -0.507 e. The highest BCUT2D eigenvalue weighted by Crippen LogP contribution is 2.64. The molecule has 0 heterocycles. The molecule has 3 saturated carbocycles. The van der Waals surface area contributed by atoms with E-state index in [0.717, 1.165) is 30.9 Å². The van der Waals surface area contributed by atoms with Crippen LogP contribution in [0.5, 0.6) is 5.75 Å². The molecule has 7 heteroatoms. The van der Waals surface area contributed by atoms with E-state index in [1.54, 1.807) is 26.8 Å². The van der Waals surface area contributed by atoms with Crippen LogP contribution in [0.25, 0.3) is 11.1 Å². The Bertz CT molecular complexity index is 1760. The number of benzene rings is 2. The highest BCUT2D eigenvalue weighted by atomic mass is 16.3. The minimum atomic E-state index is -2.70. The number of aliphatic hydroxyl groups is 1. The van der Waals surface area contributed by atoms with E-state index >= 15 is 0 Å². The van der Waals surface area contributed by atoms with Gasteiger partial charge >= 0.3 is 0 Å². The molecule has 0 bridgehead atoms. The topological polar surface area (TPSA) is 126 Å². The molecule has 2 aromatic carbocycles. The predicted molar refractivity (Wildman–Crippen MR) is 187 cm³/mol. The minimum absolute atomic E-state index is 0.0258. The molecule has 0 spiro atoms. The third kappa shape index (κ3) is 5.21. The molecule has 0 aromatic heterocycles. The van der Waals surface area contributed by atoms with E-state index in [1.165, 1.54) is 42.9 Å². The molecule has 2 N–H and O–H groups in total. The van der Waals surface area contributed by atoms with Gasteiger partial charge in [0.2, 0.25) is 0 Å². The van der Waals surface area contributed by atoms with Gasteiger partial charge in [-0.1, -0.05) is 77.1 Å². The van der Waals surface area contributed by atoms with E-state index in [-0.39, 0.29) is 30.1 Å². The van der Waals surface area contributed by atoms with Crippen LogP contribution in [-0.2, 0) is 32.0 Å². The maximum Gasteiger partial charge on any atom is 0.190 e. The van der Waals surface area contributed by atoms with Gasteiger partial charge in [0.1, 0.15) is 17.5 Å². The third-order valence-electron chi connectivity index (χ3n) is 12.9. The summed E-state index contributed by atoms with van der Waals surface area (Å²) in [6.07, 6.45) is 7.06. The number of hydrogen-bond acceptors (Lipinski definition) is 7. The van der Waals surface area contributed by atoms with E-state index in [9.17, 15) is 34.2 Å². The number of allylic oxidation sites excluding steroid dienone is 1. The third-order valence-corrected chi connectivity index (χ3v) is 12.9. The molecule has 4 aliphatic rings. The number of aromatic hydroxyl groups is 1. The summed E-state index contributed by atoms with van der Waals surface area (Å²) >= 11 is 0. The second kappa shape index (κ2) is 12.3. The van der Waals surface area contributed by atoms with Crippen molar-refractivity contribution in [1.29, 1.82) is 0 Å². The zero-order valence-electron chi connectivity index (χ0n) is 29.7. The lowest BCUT2D eigenvalue weighted by molar-refractivity contribution is -0.205. The largest absolute Gasteiger partial charge is 0.507 e. The van der Waals surface area contributed by atoms with E-state index in [4.69, 9.17) is 0 Å². The lowest BCUT2D eigenvalue weighted by Crippen LogP contribution is -2.76. The van der Waals surface area contributed by atoms with Gasteiger partial charge in [0, 0.05) is 11.3 Å². The number of ketones is 5. The van der Waals surface area contributed by atoms with Crippen LogP contribution < -0.4 is 0 Å². The first-order valence-corrected chi connectivity index (χ1v) is 18.0. The second-order valence-corrected chi connectivity index (χ2v) is 16.4. The monoisotopic (exact) mass is 666 g/mol. The van der Waals surface area contributed by atoms with Gasteiger partial charge in [-0.25, -0.2) is 0 Å². The van der Waals surface area contributed by atoms with Gasteiger partial charge in [-0.05, 0) is 110 Å². The maximum atomic E-state index is 14.5. The zero-order valence-corrected chi connectivity index (χ0v) is 29.7. The first kappa shape index (κ1) is 35.1. The summed E-state index contributed by atoms with van der Waals surface area (Å²) in [4.78, 5) is 69.2. The molecule has 4 aliphatic carbocycles. The van der Waals surface area contributed by atoms with Gasteiger partial charge in [-0.3, -0.25) is 24.0 Å². The summed E-state index contributed by atoms with van der Waals surface area (Å²) in [5.74, 6) is -7.58. The Labute approximate surface area is 289 Å². The molecule has 6 rings (SSSR count). The van der Waals surface area contributed by atoms with Crippen LogP contribution in [0.3, 0.4) is 0 Å². The Morgan fingerprint density at radius 2 is 1.59 bits per heavy atom. The van der Waals surface area contributed by atoms with Crippen molar-refractivity contribution in [3.63, 3.8) is 0 Å². The molecule has 7 nitrogen and oxygen atoms in total. The first-order chi connectivity index (χ1) is 23.0. The summed E-state index contributed by atoms with van der Waals surface area (Å²) in [6.45, 7) is 14.5. The summed E-state index contributed by atoms with van der Waals surface area (Å²) in [6, 6.07) is 11.6. The number of carbonyl (C=O) groups is 5. The van der Waals surface area contributed by atoms with Crippen molar-refractivity contribution in [3.8, 4) is 16.9 Å². The zero-order chi connectivity index (χ0) is 35.8. The molecular weight excluding hydrogens is 616 g/mol. The van der Waals surface area contributed by atoms with E-state index < -0.39 is 63.1 Å². The molecule has 6 atom stereocenters. The summed E-state index contributed by atoms with van der Waals surface area (Å²) in [5.41, 5.74) is -0.392. The number of fused-ring (bicyclic) bond motifs is 3. The Morgan fingerprint density at radius 3 is 2.16 bits per heavy atom. The van der Waals surface area contributed by atoms with Gasteiger partial charge in [-0.15, -0.1) is 0 Å². The fourth-order valence-electron chi connectivity index (χ4n) is 10.6. The maximum absolute atomic E-state index is 14.5. The van der Waals surface area contributed by atoms with Gasteiger partial charge in [0.15, 0.2) is 28.7 Å². The van der Waals surface area contributed by atoms with Crippen LogP contribution in [0.2, 0.25) is 0 Å². The van der Waals surface area contributed by atoms with Crippen LogP contribution in [0.4, 0.5) is 0 Å². The van der Waals surface area contributed by atoms with Crippen LogP contribution in [0.1, 0.15) is 102 Å². The number of carbonyl (C=O) groups excluding carboxylic acids is 5. The molecule has 49 heavy (non-hydrogen) atoms. The Kier molecular flexibility index (Phi) is 8.79. The van der Waals surface area contributed by atoms with Crippen molar-refractivity contribution < 1.29 is 34.2 Å². The lowest BCUT2D eigenvalue weighted by atomic mass is 9.40. The number of hydrogen-bond donors (Lipinski definition) is 2. The summed E-state index contributed by atoms with van der Waals surface area (Å²) < 4.78 is 0. The van der Waals surface area contributed by atoms with Crippen molar-refractivity contribution in [2.24, 2.45) is 46.3 Å². The summed E-state index contributed by atoms with van der Waals surface area (Å²) in [7, 11) is 0. The van der Waals surface area contributed by atoms with Gasteiger partial charge in [0.25, 0.3) is 0 Å². The lowest BCUT2D eigenvalue weighted by Gasteiger charge is -2.61. The average Bonchev–Trinajstić information content (AvgIpc) is 3.03.